The highest BCUT2D eigenvalue weighted by molar-refractivity contribution is 7.09. The number of aromatic nitrogens is 1. The Morgan fingerprint density at radius 3 is 2.81 bits per heavy atom. The highest BCUT2D eigenvalue weighted by Gasteiger charge is 2.10. The summed E-state index contributed by atoms with van der Waals surface area (Å²) in [6.07, 6.45) is 2.56. The van der Waals surface area contributed by atoms with Gasteiger partial charge in [-0.3, -0.25) is 0 Å². The molecule has 0 amide bonds. The lowest BCUT2D eigenvalue weighted by atomic mass is 10.2. The van der Waals surface area contributed by atoms with Crippen molar-refractivity contribution in [1.82, 2.24) is 4.98 Å². The predicted molar refractivity (Wildman–Crippen MR) is 107 cm³/mol. The van der Waals surface area contributed by atoms with E-state index < -0.39 is 5.97 Å². The summed E-state index contributed by atoms with van der Waals surface area (Å²) in [5.41, 5.74) is 2.40. The summed E-state index contributed by atoms with van der Waals surface area (Å²) in [5.74, 6) is 0.0669. The highest BCUT2D eigenvalue weighted by Crippen LogP contribution is 2.31. The first-order chi connectivity index (χ1) is 13.1. The van der Waals surface area contributed by atoms with Gasteiger partial charge in [0.25, 0.3) is 0 Å². The van der Waals surface area contributed by atoms with Gasteiger partial charge < -0.3 is 14.6 Å². The standard InChI is InChI=1S/C20H16ClNO4S/c1-25-18-10-13(7-9-20(23)24)6-8-17(18)26-11-19-22-16(12-27-19)14-4-2-3-5-15(14)21/h2-10,12H,11H2,1H3,(H,23,24). The molecule has 1 N–H and O–H groups in total. The van der Waals surface area contributed by atoms with Gasteiger partial charge in [0, 0.05) is 22.0 Å². The molecule has 0 fully saturated rings. The van der Waals surface area contributed by atoms with E-state index in [1.165, 1.54) is 24.5 Å². The second-order valence-corrected chi connectivity index (χ2v) is 6.83. The molecule has 0 saturated carbocycles. The Morgan fingerprint density at radius 1 is 1.26 bits per heavy atom. The molecule has 5 nitrogen and oxygen atoms in total. The quantitative estimate of drug-likeness (QED) is 0.554. The Morgan fingerprint density at radius 2 is 2.07 bits per heavy atom. The van der Waals surface area contributed by atoms with Gasteiger partial charge >= 0.3 is 5.97 Å². The summed E-state index contributed by atoms with van der Waals surface area (Å²) >= 11 is 7.70. The van der Waals surface area contributed by atoms with E-state index in [-0.39, 0.29) is 6.61 Å². The number of thiazole rings is 1. The summed E-state index contributed by atoms with van der Waals surface area (Å²) in [6, 6.07) is 12.8. The highest BCUT2D eigenvalue weighted by atomic mass is 35.5. The maximum absolute atomic E-state index is 10.6. The topological polar surface area (TPSA) is 68.7 Å². The number of aliphatic carboxylic acids is 1. The molecule has 1 heterocycles. The fourth-order valence-electron chi connectivity index (χ4n) is 2.38. The number of benzene rings is 2. The SMILES string of the molecule is COc1cc(C=CC(=O)O)ccc1OCc1nc(-c2ccccc2Cl)cs1. The van der Waals surface area contributed by atoms with Crippen LogP contribution in [0, 0.1) is 0 Å². The summed E-state index contributed by atoms with van der Waals surface area (Å²) in [4.78, 5) is 15.2. The van der Waals surface area contributed by atoms with E-state index in [0.29, 0.717) is 22.1 Å². The number of nitrogens with zero attached hydrogens (tertiary/aromatic N) is 1. The normalized spacial score (nSPS) is 10.9. The van der Waals surface area contributed by atoms with Crippen LogP contribution in [0.15, 0.2) is 53.9 Å². The molecule has 0 bridgehead atoms. The fraction of sp³-hybridized carbons (Fsp3) is 0.100. The summed E-state index contributed by atoms with van der Waals surface area (Å²) in [7, 11) is 1.53. The largest absolute Gasteiger partial charge is 0.493 e. The number of ether oxygens (including phenoxy) is 2. The van der Waals surface area contributed by atoms with E-state index >= 15 is 0 Å². The molecule has 7 heteroatoms. The Bertz CT molecular complexity index is 984. The van der Waals surface area contributed by atoms with E-state index in [1.807, 2.05) is 29.6 Å². The van der Waals surface area contributed by atoms with Crippen molar-refractivity contribution in [2.24, 2.45) is 0 Å². The number of carboxylic acid groups (broad SMARTS) is 1. The number of hydrogen-bond acceptors (Lipinski definition) is 5. The van der Waals surface area contributed by atoms with Gasteiger partial charge in [-0.2, -0.15) is 0 Å². The van der Waals surface area contributed by atoms with Crippen LogP contribution in [-0.4, -0.2) is 23.2 Å². The average Bonchev–Trinajstić information content (AvgIpc) is 3.14. The maximum atomic E-state index is 10.6. The Labute approximate surface area is 165 Å². The van der Waals surface area contributed by atoms with Crippen LogP contribution in [0.2, 0.25) is 5.02 Å². The van der Waals surface area contributed by atoms with Crippen molar-refractivity contribution in [3.8, 4) is 22.8 Å². The molecule has 0 aliphatic heterocycles. The molecule has 2 aromatic carbocycles. The van der Waals surface area contributed by atoms with Crippen LogP contribution in [0.3, 0.4) is 0 Å². The minimum absolute atomic E-state index is 0.287. The monoisotopic (exact) mass is 401 g/mol. The van der Waals surface area contributed by atoms with Gasteiger partial charge in [-0.05, 0) is 29.8 Å². The van der Waals surface area contributed by atoms with E-state index in [2.05, 4.69) is 4.98 Å². The van der Waals surface area contributed by atoms with Crippen LogP contribution in [0.25, 0.3) is 17.3 Å². The smallest absolute Gasteiger partial charge is 0.328 e. The molecule has 138 valence electrons. The molecule has 0 saturated heterocycles. The van der Waals surface area contributed by atoms with Gasteiger partial charge in [0.2, 0.25) is 0 Å². The molecular formula is C20H16ClNO4S. The lowest BCUT2D eigenvalue weighted by Crippen LogP contribution is -1.98. The first-order valence-electron chi connectivity index (χ1n) is 7.98. The van der Waals surface area contributed by atoms with E-state index in [0.717, 1.165) is 22.3 Å². The van der Waals surface area contributed by atoms with Crippen molar-refractivity contribution >= 4 is 35.0 Å². The molecule has 0 aliphatic rings. The molecule has 0 atom stereocenters. The van der Waals surface area contributed by atoms with Crippen molar-refractivity contribution in [3.05, 3.63) is 69.5 Å². The van der Waals surface area contributed by atoms with Crippen molar-refractivity contribution in [2.75, 3.05) is 7.11 Å². The fourth-order valence-corrected chi connectivity index (χ4v) is 3.32. The average molecular weight is 402 g/mol. The van der Waals surface area contributed by atoms with Crippen LogP contribution in [-0.2, 0) is 11.4 Å². The van der Waals surface area contributed by atoms with Crippen molar-refractivity contribution in [2.45, 2.75) is 6.61 Å². The third-order valence-electron chi connectivity index (χ3n) is 3.66. The zero-order valence-corrected chi connectivity index (χ0v) is 16.0. The number of methoxy groups -OCH3 is 1. The second-order valence-electron chi connectivity index (χ2n) is 5.48. The molecule has 1 aromatic heterocycles. The first kappa shape index (κ1) is 18.9. The van der Waals surface area contributed by atoms with Crippen molar-refractivity contribution in [3.63, 3.8) is 0 Å². The predicted octanol–water partition coefficient (Wildman–Crippen LogP) is 5.15. The molecule has 0 unspecified atom stereocenters. The van der Waals surface area contributed by atoms with Crippen LogP contribution < -0.4 is 9.47 Å². The Balaban J connectivity index is 1.72. The van der Waals surface area contributed by atoms with Gasteiger partial charge in [0.1, 0.15) is 11.6 Å². The molecule has 27 heavy (non-hydrogen) atoms. The van der Waals surface area contributed by atoms with E-state index in [9.17, 15) is 4.79 Å². The minimum Gasteiger partial charge on any atom is -0.493 e. The molecule has 0 radical (unpaired) electrons. The van der Waals surface area contributed by atoms with Crippen LogP contribution in [0.5, 0.6) is 11.5 Å². The molecule has 0 aliphatic carbocycles. The molecule has 3 rings (SSSR count). The lowest BCUT2D eigenvalue weighted by Gasteiger charge is -2.10. The van der Waals surface area contributed by atoms with E-state index in [4.69, 9.17) is 26.2 Å². The summed E-state index contributed by atoms with van der Waals surface area (Å²) in [6.45, 7) is 0.287. The Kier molecular flexibility index (Phi) is 6.11. The maximum Gasteiger partial charge on any atom is 0.328 e. The number of carboxylic acids is 1. The van der Waals surface area contributed by atoms with E-state index in [1.54, 1.807) is 18.2 Å². The minimum atomic E-state index is -1.01. The molecule has 3 aromatic rings. The van der Waals surface area contributed by atoms with Crippen LogP contribution >= 0.6 is 22.9 Å². The third kappa shape index (κ3) is 4.87. The van der Waals surface area contributed by atoms with Crippen LogP contribution in [0.1, 0.15) is 10.6 Å². The number of hydrogen-bond donors (Lipinski definition) is 1. The zero-order valence-electron chi connectivity index (χ0n) is 14.4. The van der Waals surface area contributed by atoms with Crippen LogP contribution in [0.4, 0.5) is 0 Å². The van der Waals surface area contributed by atoms with Crippen molar-refractivity contribution in [1.29, 1.82) is 0 Å². The number of carbonyl (C=O) groups is 1. The molecular weight excluding hydrogens is 386 g/mol. The number of halogens is 1. The third-order valence-corrected chi connectivity index (χ3v) is 4.81. The van der Waals surface area contributed by atoms with Gasteiger partial charge in [-0.1, -0.05) is 35.9 Å². The molecule has 0 spiro atoms. The second kappa shape index (κ2) is 8.70. The number of rotatable bonds is 7. The Hall–Kier alpha value is -2.83. The van der Waals surface area contributed by atoms with Crippen molar-refractivity contribution < 1.29 is 19.4 Å². The summed E-state index contributed by atoms with van der Waals surface area (Å²) < 4.78 is 11.2. The lowest BCUT2D eigenvalue weighted by molar-refractivity contribution is -0.131. The summed E-state index contributed by atoms with van der Waals surface area (Å²) in [5, 5.41) is 12.1. The van der Waals surface area contributed by atoms with Gasteiger partial charge in [0.15, 0.2) is 11.5 Å². The zero-order chi connectivity index (χ0) is 19.2. The van der Waals surface area contributed by atoms with Gasteiger partial charge in [-0.25, -0.2) is 9.78 Å². The first-order valence-corrected chi connectivity index (χ1v) is 9.23. The van der Waals surface area contributed by atoms with Gasteiger partial charge in [0.05, 0.1) is 12.8 Å². The van der Waals surface area contributed by atoms with Gasteiger partial charge in [-0.15, -0.1) is 11.3 Å².